The quantitative estimate of drug-likeness (QED) is 0.611. The molecule has 10 heteroatoms. The fraction of sp³-hybridized carbons (Fsp3) is 0.571. The van der Waals surface area contributed by atoms with Gasteiger partial charge in [-0.05, 0) is 25.8 Å². The van der Waals surface area contributed by atoms with Crippen molar-refractivity contribution in [2.24, 2.45) is 5.73 Å². The van der Waals surface area contributed by atoms with Crippen molar-refractivity contribution in [3.8, 4) is 0 Å². The maximum atomic E-state index is 13.0. The molecule has 8 nitrogen and oxygen atoms in total. The van der Waals surface area contributed by atoms with E-state index in [2.05, 4.69) is 0 Å². The van der Waals surface area contributed by atoms with Crippen molar-refractivity contribution in [2.75, 3.05) is 20.2 Å². The molecule has 0 aliphatic carbocycles. The Hall–Kier alpha value is -1.26. The van der Waals surface area contributed by atoms with Crippen LogP contribution in [0.2, 0.25) is 0 Å². The number of nitrogens with two attached hydrogens (primary N) is 1. The van der Waals surface area contributed by atoms with Crippen molar-refractivity contribution in [3.63, 3.8) is 0 Å². The highest BCUT2D eigenvalue weighted by molar-refractivity contribution is 7.89. The van der Waals surface area contributed by atoms with Gasteiger partial charge >= 0.3 is 0 Å². The van der Waals surface area contributed by atoms with Gasteiger partial charge in [0.1, 0.15) is 0 Å². The van der Waals surface area contributed by atoms with Gasteiger partial charge in [-0.3, -0.25) is 10.1 Å². The van der Waals surface area contributed by atoms with Crippen molar-refractivity contribution in [3.05, 3.63) is 33.9 Å². The molecule has 0 bridgehead atoms. The van der Waals surface area contributed by atoms with Crippen molar-refractivity contribution in [1.82, 2.24) is 4.31 Å². The van der Waals surface area contributed by atoms with E-state index in [1.165, 1.54) is 29.4 Å². The molecule has 1 aliphatic rings. The molecule has 0 radical (unpaired) electrons. The molecule has 1 aromatic rings. The Morgan fingerprint density at radius 1 is 1.46 bits per heavy atom. The van der Waals surface area contributed by atoms with E-state index in [1.807, 2.05) is 0 Å². The minimum atomic E-state index is -3.85. The number of rotatable bonds is 5. The third-order valence-electron chi connectivity index (χ3n) is 4.26. The summed E-state index contributed by atoms with van der Waals surface area (Å²) in [5.74, 6) is 0. The number of piperidine rings is 1. The van der Waals surface area contributed by atoms with Gasteiger partial charge in [-0.1, -0.05) is 6.07 Å². The van der Waals surface area contributed by atoms with Crippen molar-refractivity contribution in [1.29, 1.82) is 0 Å². The van der Waals surface area contributed by atoms with Crippen LogP contribution in [0.5, 0.6) is 0 Å². The second-order valence-corrected chi connectivity index (χ2v) is 7.40. The van der Waals surface area contributed by atoms with Gasteiger partial charge in [0.15, 0.2) is 0 Å². The largest absolute Gasteiger partial charge is 0.381 e. The third-order valence-corrected chi connectivity index (χ3v) is 6.35. The molecule has 2 unspecified atom stereocenters. The lowest BCUT2D eigenvalue weighted by molar-refractivity contribution is -0.385. The van der Waals surface area contributed by atoms with Crippen molar-refractivity contribution in [2.45, 2.75) is 36.8 Å². The van der Waals surface area contributed by atoms with Crippen LogP contribution < -0.4 is 5.73 Å². The van der Waals surface area contributed by atoms with Gasteiger partial charge in [-0.25, -0.2) is 8.42 Å². The molecule has 0 saturated carbocycles. The smallest absolute Gasteiger partial charge is 0.273 e. The Morgan fingerprint density at radius 2 is 2.12 bits per heavy atom. The van der Waals surface area contributed by atoms with Crippen LogP contribution in [0, 0.1) is 17.0 Å². The van der Waals surface area contributed by atoms with E-state index < -0.39 is 14.9 Å². The van der Waals surface area contributed by atoms with Gasteiger partial charge in [0.05, 0.1) is 15.9 Å². The number of halogens is 1. The second kappa shape index (κ2) is 8.21. The Balaban J connectivity index is 0.00000288. The average molecular weight is 380 g/mol. The number of ether oxygens (including phenoxy) is 1. The van der Waals surface area contributed by atoms with E-state index in [0.29, 0.717) is 12.8 Å². The molecule has 136 valence electrons. The minimum absolute atomic E-state index is 0. The molecule has 1 aliphatic heterocycles. The summed E-state index contributed by atoms with van der Waals surface area (Å²) in [5, 5.41) is 11.0. The monoisotopic (exact) mass is 379 g/mol. The Morgan fingerprint density at radius 3 is 2.67 bits per heavy atom. The van der Waals surface area contributed by atoms with Crippen LogP contribution >= 0.6 is 12.4 Å². The van der Waals surface area contributed by atoms with Crippen LogP contribution in [-0.2, 0) is 14.8 Å². The molecule has 0 spiro atoms. The van der Waals surface area contributed by atoms with Crippen LogP contribution in [0.3, 0.4) is 0 Å². The van der Waals surface area contributed by atoms with Crippen molar-refractivity contribution >= 4 is 28.1 Å². The number of methoxy groups -OCH3 is 1. The lowest BCUT2D eigenvalue weighted by Crippen LogP contribution is -2.51. The van der Waals surface area contributed by atoms with E-state index in [9.17, 15) is 18.5 Å². The molecule has 0 aromatic heterocycles. The van der Waals surface area contributed by atoms with Gasteiger partial charge in [0, 0.05) is 37.9 Å². The van der Waals surface area contributed by atoms with E-state index in [1.54, 1.807) is 7.11 Å². The first-order chi connectivity index (χ1) is 10.8. The number of benzene rings is 1. The Kier molecular flexibility index (Phi) is 7.11. The minimum Gasteiger partial charge on any atom is -0.381 e. The van der Waals surface area contributed by atoms with Crippen molar-refractivity contribution < 1.29 is 18.1 Å². The highest BCUT2D eigenvalue weighted by atomic mass is 35.5. The standard InChI is InChI=1S/C14H21N3O5S.ClH/c1-10-13(17(18)19)4-3-5-14(10)23(20,21)16-7-6-12(22-2)8-11(16)9-15;/h3-5,11-12H,6-9,15H2,1-2H3;1H. The molecule has 1 aromatic carbocycles. The van der Waals surface area contributed by atoms with Gasteiger partial charge in [0.2, 0.25) is 10.0 Å². The summed E-state index contributed by atoms with van der Waals surface area (Å²) in [5.41, 5.74) is 5.67. The molecular weight excluding hydrogens is 358 g/mol. The summed E-state index contributed by atoms with van der Waals surface area (Å²) < 4.78 is 32.5. The van der Waals surface area contributed by atoms with Crippen LogP contribution in [0.15, 0.2) is 23.1 Å². The fourth-order valence-electron chi connectivity index (χ4n) is 2.94. The number of hydrogen-bond donors (Lipinski definition) is 1. The molecule has 2 N–H and O–H groups in total. The zero-order valence-electron chi connectivity index (χ0n) is 13.5. The number of nitrogens with zero attached hydrogens (tertiary/aromatic N) is 2. The molecule has 0 amide bonds. The number of nitro benzene ring substituents is 1. The summed E-state index contributed by atoms with van der Waals surface area (Å²) in [4.78, 5) is 10.4. The zero-order chi connectivity index (χ0) is 17.2. The molecule has 1 saturated heterocycles. The molecule has 2 atom stereocenters. The fourth-order valence-corrected chi connectivity index (χ4v) is 4.85. The lowest BCUT2D eigenvalue weighted by atomic mass is 10.0. The number of nitro groups is 1. The first kappa shape index (κ1) is 20.8. The predicted molar refractivity (Wildman–Crippen MR) is 91.8 cm³/mol. The first-order valence-corrected chi connectivity index (χ1v) is 8.75. The summed E-state index contributed by atoms with van der Waals surface area (Å²) in [6.45, 7) is 1.91. The summed E-state index contributed by atoms with van der Waals surface area (Å²) >= 11 is 0. The first-order valence-electron chi connectivity index (χ1n) is 7.31. The Bertz CT molecular complexity index is 698. The average Bonchev–Trinajstić information content (AvgIpc) is 2.53. The maximum absolute atomic E-state index is 13.0. The van der Waals surface area contributed by atoms with Crippen LogP contribution in [-0.4, -0.2) is 50.0 Å². The predicted octanol–water partition coefficient (Wildman–Crippen LogP) is 1.45. The molecule has 1 heterocycles. The Labute approximate surface area is 147 Å². The number of hydrogen-bond acceptors (Lipinski definition) is 6. The molecular formula is C14H22ClN3O5S. The SMILES string of the molecule is COC1CCN(S(=O)(=O)c2cccc([N+](=O)[O-])c2C)C(CN)C1.Cl. The van der Waals surface area contributed by atoms with Crippen LogP contribution in [0.25, 0.3) is 0 Å². The van der Waals surface area contributed by atoms with Gasteiger partial charge in [0.25, 0.3) is 5.69 Å². The van der Waals surface area contributed by atoms with E-state index in [0.717, 1.165) is 0 Å². The van der Waals surface area contributed by atoms with E-state index >= 15 is 0 Å². The van der Waals surface area contributed by atoms with Gasteiger partial charge in [-0.2, -0.15) is 4.31 Å². The summed E-state index contributed by atoms with van der Waals surface area (Å²) in [7, 11) is -2.26. The second-order valence-electron chi connectivity index (χ2n) is 5.54. The summed E-state index contributed by atoms with van der Waals surface area (Å²) in [6, 6.07) is 3.70. The lowest BCUT2D eigenvalue weighted by Gasteiger charge is -2.37. The topological polar surface area (TPSA) is 116 Å². The highest BCUT2D eigenvalue weighted by Crippen LogP contribution is 2.31. The molecule has 2 rings (SSSR count). The normalized spacial score (nSPS) is 22.0. The summed E-state index contributed by atoms with van der Waals surface area (Å²) in [6.07, 6.45) is 1.06. The van der Waals surface area contributed by atoms with Crippen LogP contribution in [0.4, 0.5) is 5.69 Å². The zero-order valence-corrected chi connectivity index (χ0v) is 15.2. The van der Waals surface area contributed by atoms with E-state index in [-0.39, 0.29) is 53.8 Å². The third kappa shape index (κ3) is 3.86. The number of sulfonamides is 1. The molecule has 24 heavy (non-hydrogen) atoms. The highest BCUT2D eigenvalue weighted by Gasteiger charge is 2.37. The maximum Gasteiger partial charge on any atom is 0.273 e. The van der Waals surface area contributed by atoms with E-state index in [4.69, 9.17) is 10.5 Å². The molecule has 1 fully saturated rings. The van der Waals surface area contributed by atoms with Gasteiger partial charge < -0.3 is 10.5 Å². The van der Waals surface area contributed by atoms with Crippen LogP contribution in [0.1, 0.15) is 18.4 Å². The van der Waals surface area contributed by atoms with Gasteiger partial charge in [-0.15, -0.1) is 12.4 Å².